The maximum Gasteiger partial charge on any atom is 0.354 e. The highest BCUT2D eigenvalue weighted by Crippen LogP contribution is 2.55. The lowest BCUT2D eigenvalue weighted by Gasteiger charge is -2.44. The van der Waals surface area contributed by atoms with Gasteiger partial charge in [0, 0.05) is 17.4 Å². The lowest BCUT2D eigenvalue weighted by molar-refractivity contribution is -0.157. The van der Waals surface area contributed by atoms with E-state index in [1.807, 2.05) is 37.3 Å². The van der Waals surface area contributed by atoms with E-state index < -0.39 is 18.0 Å². The molecule has 1 aromatic carbocycles. The number of aliphatic carboxylic acids is 1. The van der Waals surface area contributed by atoms with E-state index in [1.165, 1.54) is 28.4 Å². The van der Waals surface area contributed by atoms with Crippen LogP contribution in [0.4, 0.5) is 0 Å². The summed E-state index contributed by atoms with van der Waals surface area (Å²) in [6.45, 7) is 3.63. The molecule has 0 radical (unpaired) electrons. The van der Waals surface area contributed by atoms with Crippen LogP contribution in [0.1, 0.15) is 30.1 Å². The highest BCUT2D eigenvalue weighted by atomic mass is 32.2. The Kier molecular flexibility index (Phi) is 6.24. The van der Waals surface area contributed by atoms with Crippen molar-refractivity contribution in [3.8, 4) is 0 Å². The van der Waals surface area contributed by atoms with Crippen LogP contribution in [0.25, 0.3) is 0 Å². The van der Waals surface area contributed by atoms with Gasteiger partial charge in [0.15, 0.2) is 11.5 Å². The number of rotatable bonds is 8. The van der Waals surface area contributed by atoms with Gasteiger partial charge in [0.1, 0.15) is 5.37 Å². The van der Waals surface area contributed by atoms with Crippen molar-refractivity contribution >= 4 is 41.2 Å². The molecule has 4 rings (SSSR count). The highest BCUT2D eigenvalue weighted by Gasteiger charge is 2.58. The molecule has 7 nitrogen and oxygen atoms in total. The number of ketones is 1. The molecular weight excluding hydrogens is 424 g/mol. The molecule has 4 atom stereocenters. The number of amides is 1. The first-order chi connectivity index (χ1) is 14.4. The Hall–Kier alpha value is -1.81. The number of aliphatic hydroxyl groups is 1. The average Bonchev–Trinajstić information content (AvgIpc) is 3.31. The molecule has 0 spiro atoms. The fourth-order valence-corrected chi connectivity index (χ4v) is 7.41. The summed E-state index contributed by atoms with van der Waals surface area (Å²) in [7, 11) is 0. The standard InChI is InChI=1S/C21H24N2O5S2/c1-2-14(24)16-18(26)23-17(20(27)28)21(30-19(16)23)29-13-8-9-22(10-13)11-15(25)12-6-4-3-5-7-12/h3-7,13-14,16,19,24H,2,8-11H2,1H3,(H,27,28)/t13-,14-,16+,19+/m0/s1. The molecule has 1 aromatic rings. The maximum absolute atomic E-state index is 12.4. The van der Waals surface area contributed by atoms with Gasteiger partial charge in [-0.2, -0.15) is 0 Å². The van der Waals surface area contributed by atoms with Crippen LogP contribution in [0.3, 0.4) is 0 Å². The van der Waals surface area contributed by atoms with Crippen molar-refractivity contribution in [2.75, 3.05) is 19.6 Å². The monoisotopic (exact) mass is 448 g/mol. The van der Waals surface area contributed by atoms with E-state index in [4.69, 9.17) is 0 Å². The zero-order chi connectivity index (χ0) is 21.4. The minimum Gasteiger partial charge on any atom is -0.477 e. The summed E-state index contributed by atoms with van der Waals surface area (Å²) in [5.41, 5.74) is 0.734. The summed E-state index contributed by atoms with van der Waals surface area (Å²) in [5.74, 6) is -1.89. The number of aliphatic hydroxyl groups excluding tert-OH is 1. The SMILES string of the molecule is CC[C@H](O)[C@@H]1C(=O)N2C(C(=O)O)=C(S[C@H]3CCN(CC(=O)c4ccccc4)C3)S[C@H]12. The number of Topliss-reactive ketones (excluding diaryl/α,β-unsaturated/α-hetero) is 1. The van der Waals surface area contributed by atoms with E-state index in [9.17, 15) is 24.6 Å². The fourth-order valence-electron chi connectivity index (χ4n) is 4.10. The summed E-state index contributed by atoms with van der Waals surface area (Å²) in [4.78, 5) is 40.2. The summed E-state index contributed by atoms with van der Waals surface area (Å²) < 4.78 is 0.632. The van der Waals surface area contributed by atoms with Crippen LogP contribution in [-0.4, -0.2) is 74.0 Å². The molecule has 1 amide bonds. The summed E-state index contributed by atoms with van der Waals surface area (Å²) in [6, 6.07) is 9.20. The first-order valence-electron chi connectivity index (χ1n) is 10.0. The van der Waals surface area contributed by atoms with Crippen LogP contribution in [0.5, 0.6) is 0 Å². The maximum atomic E-state index is 12.4. The van der Waals surface area contributed by atoms with Crippen molar-refractivity contribution in [2.24, 2.45) is 5.92 Å². The minimum absolute atomic E-state index is 0.0402. The van der Waals surface area contributed by atoms with Gasteiger partial charge in [-0.1, -0.05) is 49.0 Å². The summed E-state index contributed by atoms with van der Waals surface area (Å²) >= 11 is 2.85. The number of carboxylic acid groups (broad SMARTS) is 1. The van der Waals surface area contributed by atoms with E-state index in [-0.39, 0.29) is 28.0 Å². The van der Waals surface area contributed by atoms with Crippen molar-refractivity contribution in [1.29, 1.82) is 0 Å². The molecular formula is C21H24N2O5S2. The van der Waals surface area contributed by atoms with Gasteiger partial charge in [-0.3, -0.25) is 19.4 Å². The molecule has 3 aliphatic heterocycles. The van der Waals surface area contributed by atoms with E-state index in [0.717, 1.165) is 13.0 Å². The van der Waals surface area contributed by atoms with Gasteiger partial charge in [0.25, 0.3) is 0 Å². The number of nitrogens with zero attached hydrogens (tertiary/aromatic N) is 2. The van der Waals surface area contributed by atoms with Gasteiger partial charge in [-0.05, 0) is 19.4 Å². The fraction of sp³-hybridized carbons (Fsp3) is 0.476. The number of fused-ring (bicyclic) bond motifs is 1. The molecule has 3 heterocycles. The van der Waals surface area contributed by atoms with Gasteiger partial charge in [0.05, 0.1) is 22.8 Å². The Balaban J connectivity index is 1.39. The second kappa shape index (κ2) is 8.74. The Morgan fingerprint density at radius 1 is 1.30 bits per heavy atom. The second-order valence-electron chi connectivity index (χ2n) is 7.71. The lowest BCUT2D eigenvalue weighted by atomic mass is 9.90. The van der Waals surface area contributed by atoms with E-state index in [0.29, 0.717) is 29.3 Å². The molecule has 0 aliphatic carbocycles. The molecule has 2 N–H and O–H groups in total. The van der Waals surface area contributed by atoms with Crippen molar-refractivity contribution in [2.45, 2.75) is 36.5 Å². The summed E-state index contributed by atoms with van der Waals surface area (Å²) in [5, 5.41) is 19.6. The molecule has 9 heteroatoms. The largest absolute Gasteiger partial charge is 0.477 e. The Morgan fingerprint density at radius 2 is 2.03 bits per heavy atom. The van der Waals surface area contributed by atoms with E-state index in [2.05, 4.69) is 4.90 Å². The minimum atomic E-state index is -1.11. The van der Waals surface area contributed by atoms with Gasteiger partial charge in [-0.25, -0.2) is 4.79 Å². The number of hydrogen-bond donors (Lipinski definition) is 2. The third-order valence-corrected chi connectivity index (χ3v) is 8.60. The smallest absolute Gasteiger partial charge is 0.354 e. The van der Waals surface area contributed by atoms with Crippen molar-refractivity contribution < 1.29 is 24.6 Å². The number of hydrogen-bond acceptors (Lipinski definition) is 7. The van der Waals surface area contributed by atoms with Crippen LogP contribution in [0, 0.1) is 5.92 Å². The van der Waals surface area contributed by atoms with Gasteiger partial charge in [-0.15, -0.1) is 11.8 Å². The van der Waals surface area contributed by atoms with Gasteiger partial charge >= 0.3 is 5.97 Å². The number of likely N-dealkylation sites (tertiary alicyclic amines) is 1. The van der Waals surface area contributed by atoms with E-state index in [1.54, 1.807) is 0 Å². The molecule has 0 unspecified atom stereocenters. The predicted molar refractivity (Wildman–Crippen MR) is 116 cm³/mol. The van der Waals surface area contributed by atoms with Crippen LogP contribution >= 0.6 is 23.5 Å². The van der Waals surface area contributed by atoms with Crippen molar-refractivity contribution in [3.63, 3.8) is 0 Å². The molecule has 0 aromatic heterocycles. The molecule has 2 saturated heterocycles. The second-order valence-corrected chi connectivity index (χ2v) is 10.4. The van der Waals surface area contributed by atoms with E-state index >= 15 is 0 Å². The third-order valence-electron chi connectivity index (χ3n) is 5.75. The molecule has 3 aliphatic rings. The first-order valence-corrected chi connectivity index (χ1v) is 11.8. The van der Waals surface area contributed by atoms with Crippen LogP contribution in [-0.2, 0) is 9.59 Å². The third kappa shape index (κ3) is 3.91. The predicted octanol–water partition coefficient (Wildman–Crippen LogP) is 2.23. The van der Waals surface area contributed by atoms with Crippen LogP contribution in [0.2, 0.25) is 0 Å². The zero-order valence-corrected chi connectivity index (χ0v) is 18.2. The van der Waals surface area contributed by atoms with Crippen LogP contribution in [0.15, 0.2) is 40.3 Å². The quantitative estimate of drug-likeness (QED) is 0.462. The number of carbonyl (C=O) groups excluding carboxylic acids is 2. The van der Waals surface area contributed by atoms with Gasteiger partial charge < -0.3 is 10.2 Å². The molecule has 2 fully saturated rings. The van der Waals surface area contributed by atoms with Crippen molar-refractivity contribution in [3.05, 3.63) is 45.8 Å². The topological polar surface area (TPSA) is 98.2 Å². The lowest BCUT2D eigenvalue weighted by Crippen LogP contribution is -2.61. The Bertz CT molecular complexity index is 891. The Morgan fingerprint density at radius 3 is 2.70 bits per heavy atom. The normalized spacial score (nSPS) is 27.2. The number of thioether (sulfide) groups is 2. The van der Waals surface area contributed by atoms with Crippen molar-refractivity contribution in [1.82, 2.24) is 9.80 Å². The molecule has 0 saturated carbocycles. The number of β-lactam (4-membered cyclic amide) rings is 1. The highest BCUT2D eigenvalue weighted by molar-refractivity contribution is 8.23. The zero-order valence-electron chi connectivity index (χ0n) is 16.6. The first kappa shape index (κ1) is 21.4. The molecule has 0 bridgehead atoms. The molecule has 160 valence electrons. The van der Waals surface area contributed by atoms with Crippen LogP contribution < -0.4 is 0 Å². The summed E-state index contributed by atoms with van der Waals surface area (Å²) in [6.07, 6.45) is 0.555. The number of carbonyl (C=O) groups is 3. The van der Waals surface area contributed by atoms with Gasteiger partial charge in [0.2, 0.25) is 5.91 Å². The number of benzene rings is 1. The average molecular weight is 449 g/mol. The Labute approximate surface area is 183 Å². The molecule has 30 heavy (non-hydrogen) atoms. The number of carboxylic acids is 1.